The lowest BCUT2D eigenvalue weighted by Gasteiger charge is -2.34. The Hall–Kier alpha value is -1.68. The van der Waals surface area contributed by atoms with E-state index in [9.17, 15) is 0 Å². The minimum Gasteiger partial charge on any atom is -0.369 e. The molecule has 0 spiro atoms. The van der Waals surface area contributed by atoms with Crippen molar-refractivity contribution in [2.75, 3.05) is 24.5 Å². The number of hydrogen-bond acceptors (Lipinski definition) is 4. The van der Waals surface area contributed by atoms with Crippen molar-refractivity contribution < 1.29 is 0 Å². The van der Waals surface area contributed by atoms with Gasteiger partial charge in [-0.2, -0.15) is 10.2 Å². The summed E-state index contributed by atoms with van der Waals surface area (Å²) in [5.41, 5.74) is 7.88. The van der Waals surface area contributed by atoms with Gasteiger partial charge in [-0.3, -0.25) is 0 Å². The fraction of sp³-hybridized carbons (Fsp3) is 0.467. The molecule has 2 heterocycles. The first-order valence-corrected chi connectivity index (χ1v) is 7.04. The Morgan fingerprint density at radius 1 is 1.32 bits per heavy atom. The Labute approximate surface area is 113 Å². The zero-order valence-corrected chi connectivity index (χ0v) is 11.1. The topological polar surface area (TPSA) is 55.0 Å². The van der Waals surface area contributed by atoms with Gasteiger partial charge in [-0.15, -0.1) is 0 Å². The summed E-state index contributed by atoms with van der Waals surface area (Å²) in [6.07, 6.45) is 5.55. The van der Waals surface area contributed by atoms with Gasteiger partial charge in [0.2, 0.25) is 0 Å². The summed E-state index contributed by atoms with van der Waals surface area (Å²) in [6.45, 7) is 2.98. The molecular weight excluding hydrogens is 236 g/mol. The van der Waals surface area contributed by atoms with Gasteiger partial charge >= 0.3 is 0 Å². The SMILES string of the molecule is NCCC1CCCN(c2cnnc3ccccc23)C1. The van der Waals surface area contributed by atoms with Crippen LogP contribution in [0, 0.1) is 5.92 Å². The Morgan fingerprint density at radius 2 is 2.21 bits per heavy atom. The molecule has 0 bridgehead atoms. The predicted octanol–water partition coefficient (Wildman–Crippen LogP) is 2.20. The first-order chi connectivity index (χ1) is 9.38. The average molecular weight is 256 g/mol. The molecule has 1 atom stereocenters. The summed E-state index contributed by atoms with van der Waals surface area (Å²) in [5, 5.41) is 9.54. The van der Waals surface area contributed by atoms with Crippen LogP contribution in [0.15, 0.2) is 30.5 Å². The van der Waals surface area contributed by atoms with E-state index in [-0.39, 0.29) is 0 Å². The molecule has 1 aliphatic rings. The molecule has 2 N–H and O–H groups in total. The van der Waals surface area contributed by atoms with Gasteiger partial charge in [0.1, 0.15) is 0 Å². The zero-order chi connectivity index (χ0) is 13.1. The molecule has 3 rings (SSSR count). The number of aromatic nitrogens is 2. The molecule has 1 unspecified atom stereocenters. The summed E-state index contributed by atoms with van der Waals surface area (Å²) in [4.78, 5) is 2.45. The van der Waals surface area contributed by atoms with Gasteiger partial charge in [0.05, 0.1) is 17.4 Å². The first-order valence-electron chi connectivity index (χ1n) is 7.04. The summed E-state index contributed by atoms with van der Waals surface area (Å²) in [6, 6.07) is 8.22. The zero-order valence-electron chi connectivity index (χ0n) is 11.1. The van der Waals surface area contributed by atoms with Crippen LogP contribution in [0.4, 0.5) is 5.69 Å². The Bertz CT molecular complexity index is 547. The van der Waals surface area contributed by atoms with E-state index in [1.54, 1.807) is 0 Å². The van der Waals surface area contributed by atoms with Crippen molar-refractivity contribution in [2.45, 2.75) is 19.3 Å². The maximum atomic E-state index is 5.69. The van der Waals surface area contributed by atoms with Crippen LogP contribution in [0.1, 0.15) is 19.3 Å². The van der Waals surface area contributed by atoms with E-state index in [0.29, 0.717) is 5.92 Å². The van der Waals surface area contributed by atoms with E-state index in [1.165, 1.54) is 23.9 Å². The van der Waals surface area contributed by atoms with E-state index >= 15 is 0 Å². The molecule has 4 heteroatoms. The third kappa shape index (κ3) is 2.54. The first kappa shape index (κ1) is 12.4. The molecule has 0 saturated carbocycles. The number of nitrogens with two attached hydrogens (primary N) is 1. The Kier molecular flexibility index (Phi) is 3.60. The van der Waals surface area contributed by atoms with Crippen molar-refractivity contribution in [3.63, 3.8) is 0 Å². The van der Waals surface area contributed by atoms with Crippen LogP contribution in [0.5, 0.6) is 0 Å². The lowest BCUT2D eigenvalue weighted by molar-refractivity contribution is 0.396. The quantitative estimate of drug-likeness (QED) is 0.914. The molecule has 19 heavy (non-hydrogen) atoms. The third-order valence-corrected chi connectivity index (χ3v) is 3.96. The van der Waals surface area contributed by atoms with Crippen molar-refractivity contribution >= 4 is 16.6 Å². The predicted molar refractivity (Wildman–Crippen MR) is 78.1 cm³/mol. The molecule has 1 fully saturated rings. The molecule has 0 aliphatic carbocycles. The summed E-state index contributed by atoms with van der Waals surface area (Å²) < 4.78 is 0. The van der Waals surface area contributed by atoms with Crippen LogP contribution < -0.4 is 10.6 Å². The van der Waals surface area contributed by atoms with E-state index in [0.717, 1.165) is 31.6 Å². The van der Waals surface area contributed by atoms with E-state index in [1.807, 2.05) is 18.3 Å². The highest BCUT2D eigenvalue weighted by molar-refractivity contribution is 5.90. The maximum absolute atomic E-state index is 5.69. The van der Waals surface area contributed by atoms with E-state index in [4.69, 9.17) is 5.73 Å². The molecule has 1 aliphatic heterocycles. The van der Waals surface area contributed by atoms with Crippen molar-refractivity contribution in [1.29, 1.82) is 0 Å². The van der Waals surface area contributed by atoms with Gasteiger partial charge in [-0.05, 0) is 37.8 Å². The van der Waals surface area contributed by atoms with Crippen molar-refractivity contribution in [3.05, 3.63) is 30.5 Å². The highest BCUT2D eigenvalue weighted by atomic mass is 15.2. The highest BCUT2D eigenvalue weighted by Crippen LogP contribution is 2.29. The molecule has 1 saturated heterocycles. The lowest BCUT2D eigenvalue weighted by atomic mass is 9.94. The molecule has 1 aromatic carbocycles. The largest absolute Gasteiger partial charge is 0.369 e. The normalized spacial score (nSPS) is 19.8. The van der Waals surface area contributed by atoms with Crippen LogP contribution in [-0.4, -0.2) is 29.8 Å². The molecule has 1 aromatic heterocycles. The summed E-state index contributed by atoms with van der Waals surface area (Å²) >= 11 is 0. The summed E-state index contributed by atoms with van der Waals surface area (Å²) in [7, 11) is 0. The number of rotatable bonds is 3. The smallest absolute Gasteiger partial charge is 0.0950 e. The second-order valence-electron chi connectivity index (χ2n) is 5.28. The Morgan fingerprint density at radius 3 is 3.11 bits per heavy atom. The molecule has 100 valence electrons. The van der Waals surface area contributed by atoms with Gasteiger partial charge in [0.25, 0.3) is 0 Å². The average Bonchev–Trinajstić information content (AvgIpc) is 2.47. The van der Waals surface area contributed by atoms with Gasteiger partial charge in [-0.25, -0.2) is 0 Å². The maximum Gasteiger partial charge on any atom is 0.0950 e. The van der Waals surface area contributed by atoms with Crippen LogP contribution in [0.2, 0.25) is 0 Å². The number of hydrogen-bond donors (Lipinski definition) is 1. The second kappa shape index (κ2) is 5.53. The van der Waals surface area contributed by atoms with Crippen molar-refractivity contribution in [2.24, 2.45) is 11.7 Å². The molecule has 2 aromatic rings. The molecule has 0 amide bonds. The fourth-order valence-electron chi connectivity index (χ4n) is 3.00. The van der Waals surface area contributed by atoms with Crippen LogP contribution in [-0.2, 0) is 0 Å². The standard InChI is InChI=1S/C15H20N4/c16-8-7-12-4-3-9-19(11-12)15-10-17-18-14-6-2-1-5-13(14)15/h1-2,5-6,10,12H,3-4,7-9,11,16H2. The second-order valence-corrected chi connectivity index (χ2v) is 5.28. The van der Waals surface area contributed by atoms with Crippen molar-refractivity contribution in [3.8, 4) is 0 Å². The highest BCUT2D eigenvalue weighted by Gasteiger charge is 2.21. The molecular formula is C15H20N4. The van der Waals surface area contributed by atoms with Gasteiger partial charge in [0.15, 0.2) is 0 Å². The number of fused-ring (bicyclic) bond motifs is 1. The molecule has 0 radical (unpaired) electrons. The number of anilines is 1. The minimum atomic E-state index is 0.714. The van der Waals surface area contributed by atoms with Crippen LogP contribution >= 0.6 is 0 Å². The number of nitrogens with zero attached hydrogens (tertiary/aromatic N) is 3. The van der Waals surface area contributed by atoms with Gasteiger partial charge in [0, 0.05) is 18.5 Å². The van der Waals surface area contributed by atoms with Gasteiger partial charge < -0.3 is 10.6 Å². The third-order valence-electron chi connectivity index (χ3n) is 3.96. The lowest BCUT2D eigenvalue weighted by Crippen LogP contribution is -2.36. The fourth-order valence-corrected chi connectivity index (χ4v) is 3.00. The number of piperidine rings is 1. The number of benzene rings is 1. The van der Waals surface area contributed by atoms with Crippen LogP contribution in [0.3, 0.4) is 0 Å². The minimum absolute atomic E-state index is 0.714. The van der Waals surface area contributed by atoms with Crippen LogP contribution in [0.25, 0.3) is 10.9 Å². The van der Waals surface area contributed by atoms with Gasteiger partial charge in [-0.1, -0.05) is 18.2 Å². The monoisotopic (exact) mass is 256 g/mol. The van der Waals surface area contributed by atoms with E-state index < -0.39 is 0 Å². The van der Waals surface area contributed by atoms with E-state index in [2.05, 4.69) is 27.2 Å². The summed E-state index contributed by atoms with van der Waals surface area (Å²) in [5.74, 6) is 0.714. The molecule has 4 nitrogen and oxygen atoms in total. The van der Waals surface area contributed by atoms with Crippen molar-refractivity contribution in [1.82, 2.24) is 10.2 Å². The Balaban J connectivity index is 1.91.